The molecule has 88 valence electrons. The van der Waals surface area contributed by atoms with Gasteiger partial charge in [-0.25, -0.2) is 4.98 Å². The smallest absolute Gasteiger partial charge is 0.295 e. The third kappa shape index (κ3) is 2.01. The van der Waals surface area contributed by atoms with Gasteiger partial charge in [-0.15, -0.1) is 5.10 Å². The molecule has 1 heterocycles. The van der Waals surface area contributed by atoms with Crippen LogP contribution in [0.4, 0.5) is 0 Å². The van der Waals surface area contributed by atoms with Crippen molar-refractivity contribution in [3.05, 3.63) is 48.0 Å². The maximum Gasteiger partial charge on any atom is 0.295 e. The minimum atomic E-state index is -2.37. The highest BCUT2D eigenvalue weighted by Gasteiger charge is 2.30. The average Bonchev–Trinajstić information content (AvgIpc) is 2.80. The first-order valence-corrected chi connectivity index (χ1v) is 4.74. The molecular formula is C10H10N4O3. The molecule has 0 aliphatic carbocycles. The van der Waals surface area contributed by atoms with Gasteiger partial charge in [0.25, 0.3) is 11.8 Å². The summed E-state index contributed by atoms with van der Waals surface area (Å²) < 4.78 is 0.752. The minimum Gasteiger partial charge on any atom is -0.363 e. The van der Waals surface area contributed by atoms with Gasteiger partial charge in [0.2, 0.25) is 5.82 Å². The van der Waals surface area contributed by atoms with Crippen LogP contribution in [-0.4, -0.2) is 30.9 Å². The monoisotopic (exact) mass is 234 g/mol. The highest BCUT2D eigenvalue weighted by Crippen LogP contribution is 2.18. The lowest BCUT2D eigenvalue weighted by atomic mass is 10.1. The standard InChI is InChI=1S/C10H10N4O3/c11-8(15)9-12-6-14(13-9)10(16,17)7-4-2-1-3-5-7/h1-6,16-17H,(H2,11,15). The second-order valence-corrected chi connectivity index (χ2v) is 3.38. The lowest BCUT2D eigenvalue weighted by Crippen LogP contribution is -2.35. The second kappa shape index (κ2) is 3.96. The molecule has 0 aliphatic heterocycles. The molecule has 2 rings (SSSR count). The van der Waals surface area contributed by atoms with E-state index in [0.29, 0.717) is 0 Å². The van der Waals surface area contributed by atoms with Crippen molar-refractivity contribution in [3.63, 3.8) is 0 Å². The first-order chi connectivity index (χ1) is 8.01. The maximum atomic E-state index is 10.8. The lowest BCUT2D eigenvalue weighted by Gasteiger charge is -2.21. The minimum absolute atomic E-state index is 0.195. The molecule has 0 atom stereocenters. The van der Waals surface area contributed by atoms with Crippen LogP contribution < -0.4 is 5.73 Å². The van der Waals surface area contributed by atoms with Gasteiger partial charge < -0.3 is 15.9 Å². The van der Waals surface area contributed by atoms with E-state index in [2.05, 4.69) is 10.1 Å². The van der Waals surface area contributed by atoms with Crippen molar-refractivity contribution in [2.75, 3.05) is 0 Å². The van der Waals surface area contributed by atoms with E-state index in [1.807, 2.05) is 0 Å². The summed E-state index contributed by atoms with van der Waals surface area (Å²) in [5.41, 5.74) is 5.16. The normalized spacial score (nSPS) is 11.4. The first kappa shape index (κ1) is 11.2. The van der Waals surface area contributed by atoms with E-state index in [9.17, 15) is 15.0 Å². The summed E-state index contributed by atoms with van der Waals surface area (Å²) in [5.74, 6) is -3.50. The van der Waals surface area contributed by atoms with Crippen molar-refractivity contribution in [3.8, 4) is 0 Å². The van der Waals surface area contributed by atoms with Gasteiger partial charge in [-0.1, -0.05) is 30.3 Å². The summed E-state index contributed by atoms with van der Waals surface area (Å²) in [6.45, 7) is 0. The molecule has 0 aliphatic rings. The highest BCUT2D eigenvalue weighted by molar-refractivity contribution is 5.88. The number of aliphatic hydroxyl groups is 2. The summed E-state index contributed by atoms with van der Waals surface area (Å²) in [6, 6.07) is 8.03. The fraction of sp³-hybridized carbons (Fsp3) is 0.100. The second-order valence-electron chi connectivity index (χ2n) is 3.38. The molecule has 1 aromatic carbocycles. The zero-order valence-corrected chi connectivity index (χ0v) is 8.69. The van der Waals surface area contributed by atoms with E-state index in [1.165, 1.54) is 12.1 Å². The third-order valence-electron chi connectivity index (χ3n) is 2.19. The van der Waals surface area contributed by atoms with Crippen molar-refractivity contribution in [2.45, 2.75) is 5.91 Å². The SMILES string of the molecule is NC(=O)c1ncn(C(O)(O)c2ccccc2)n1. The van der Waals surface area contributed by atoms with Gasteiger partial charge in [0.1, 0.15) is 6.33 Å². The number of hydrogen-bond donors (Lipinski definition) is 3. The predicted molar refractivity (Wildman–Crippen MR) is 56.5 cm³/mol. The van der Waals surface area contributed by atoms with E-state index < -0.39 is 11.8 Å². The zero-order chi connectivity index (χ0) is 12.5. The molecule has 1 aromatic heterocycles. The van der Waals surface area contributed by atoms with Crippen molar-refractivity contribution in [2.24, 2.45) is 5.73 Å². The van der Waals surface area contributed by atoms with Crippen LogP contribution in [0.15, 0.2) is 36.7 Å². The molecule has 0 saturated heterocycles. The molecule has 0 radical (unpaired) electrons. The topological polar surface area (TPSA) is 114 Å². The Balaban J connectivity index is 2.41. The van der Waals surface area contributed by atoms with Crippen LogP contribution in [-0.2, 0) is 5.91 Å². The van der Waals surface area contributed by atoms with Crippen LogP contribution in [0.2, 0.25) is 0 Å². The van der Waals surface area contributed by atoms with E-state index >= 15 is 0 Å². The number of primary amides is 1. The van der Waals surface area contributed by atoms with Gasteiger partial charge in [0, 0.05) is 5.56 Å². The molecular weight excluding hydrogens is 224 g/mol. The Hall–Kier alpha value is -2.25. The number of rotatable bonds is 3. The Bertz CT molecular complexity index is 535. The summed E-state index contributed by atoms with van der Waals surface area (Å²) >= 11 is 0. The summed E-state index contributed by atoms with van der Waals surface area (Å²) in [5, 5.41) is 23.4. The molecule has 2 aromatic rings. The van der Waals surface area contributed by atoms with Gasteiger partial charge in [-0.3, -0.25) is 4.79 Å². The van der Waals surface area contributed by atoms with Crippen LogP contribution >= 0.6 is 0 Å². The molecule has 17 heavy (non-hydrogen) atoms. The number of nitrogens with two attached hydrogens (primary N) is 1. The number of amides is 1. The first-order valence-electron chi connectivity index (χ1n) is 4.74. The quantitative estimate of drug-likeness (QED) is 0.590. The largest absolute Gasteiger partial charge is 0.363 e. The molecule has 7 nitrogen and oxygen atoms in total. The molecule has 7 heteroatoms. The third-order valence-corrected chi connectivity index (χ3v) is 2.19. The number of aromatic nitrogens is 3. The molecule has 0 spiro atoms. The zero-order valence-electron chi connectivity index (χ0n) is 8.69. The Labute approximate surface area is 96.1 Å². The van der Waals surface area contributed by atoms with Crippen LogP contribution in [0.3, 0.4) is 0 Å². The maximum absolute atomic E-state index is 10.8. The number of carbonyl (C=O) groups is 1. The van der Waals surface area contributed by atoms with Crippen LogP contribution in [0.1, 0.15) is 16.2 Å². The molecule has 0 bridgehead atoms. The van der Waals surface area contributed by atoms with Gasteiger partial charge >= 0.3 is 0 Å². The summed E-state index contributed by atoms with van der Waals surface area (Å²) in [6.07, 6.45) is 1.02. The molecule has 0 fully saturated rings. The Morgan fingerprint density at radius 3 is 2.47 bits per heavy atom. The summed E-state index contributed by atoms with van der Waals surface area (Å²) in [4.78, 5) is 14.4. The van der Waals surface area contributed by atoms with Crippen LogP contribution in [0.25, 0.3) is 0 Å². The van der Waals surface area contributed by atoms with E-state index in [-0.39, 0.29) is 11.4 Å². The lowest BCUT2D eigenvalue weighted by molar-refractivity contribution is -0.200. The van der Waals surface area contributed by atoms with E-state index in [4.69, 9.17) is 5.73 Å². The molecule has 0 saturated carbocycles. The predicted octanol–water partition coefficient (Wildman–Crippen LogP) is -0.980. The van der Waals surface area contributed by atoms with Crippen molar-refractivity contribution < 1.29 is 15.0 Å². The highest BCUT2D eigenvalue weighted by atomic mass is 16.5. The number of hydrogen-bond acceptors (Lipinski definition) is 5. The molecule has 1 amide bonds. The van der Waals surface area contributed by atoms with Crippen LogP contribution in [0.5, 0.6) is 0 Å². The number of benzene rings is 1. The van der Waals surface area contributed by atoms with Crippen molar-refractivity contribution >= 4 is 5.91 Å². The van der Waals surface area contributed by atoms with Gasteiger partial charge in [-0.05, 0) is 0 Å². The van der Waals surface area contributed by atoms with Crippen molar-refractivity contribution in [1.29, 1.82) is 0 Å². The fourth-order valence-electron chi connectivity index (χ4n) is 1.32. The Morgan fingerprint density at radius 2 is 1.94 bits per heavy atom. The molecule has 4 N–H and O–H groups in total. The summed E-state index contributed by atoms with van der Waals surface area (Å²) in [7, 11) is 0. The Kier molecular flexibility index (Phi) is 2.62. The number of carbonyl (C=O) groups excluding carboxylic acids is 1. The van der Waals surface area contributed by atoms with Crippen LogP contribution in [0, 0.1) is 0 Å². The number of nitrogens with zero attached hydrogens (tertiary/aromatic N) is 3. The van der Waals surface area contributed by atoms with Gasteiger partial charge in [0.05, 0.1) is 0 Å². The van der Waals surface area contributed by atoms with Crippen molar-refractivity contribution in [1.82, 2.24) is 14.8 Å². The average molecular weight is 234 g/mol. The van der Waals surface area contributed by atoms with E-state index in [1.54, 1.807) is 18.2 Å². The molecule has 0 unspecified atom stereocenters. The Morgan fingerprint density at radius 1 is 1.29 bits per heavy atom. The van der Waals surface area contributed by atoms with Gasteiger partial charge in [-0.2, -0.15) is 4.68 Å². The van der Waals surface area contributed by atoms with E-state index in [0.717, 1.165) is 11.0 Å². The van der Waals surface area contributed by atoms with Gasteiger partial charge in [0.15, 0.2) is 0 Å². The fourth-order valence-corrected chi connectivity index (χ4v) is 1.32.